The van der Waals surface area contributed by atoms with E-state index in [1.807, 2.05) is 0 Å². The van der Waals surface area contributed by atoms with Crippen LogP contribution in [-0.4, -0.2) is 41.6 Å². The average Bonchev–Trinajstić information content (AvgIpc) is 3.10. The molecule has 2 amide bonds. The zero-order valence-corrected chi connectivity index (χ0v) is 13.6. The lowest BCUT2D eigenvalue weighted by Gasteiger charge is -2.17. The van der Waals surface area contributed by atoms with Crippen molar-refractivity contribution >= 4 is 11.8 Å². The van der Waals surface area contributed by atoms with Crippen LogP contribution in [-0.2, 0) is 22.2 Å². The molecule has 0 saturated carbocycles. The van der Waals surface area contributed by atoms with Crippen molar-refractivity contribution in [2.45, 2.75) is 25.1 Å². The summed E-state index contributed by atoms with van der Waals surface area (Å²) in [5, 5.41) is 12.4. The van der Waals surface area contributed by atoms with Crippen molar-refractivity contribution in [2.24, 2.45) is 0 Å². The zero-order chi connectivity index (χ0) is 19.1. The van der Waals surface area contributed by atoms with E-state index in [1.165, 1.54) is 6.07 Å². The predicted molar refractivity (Wildman–Crippen MR) is 82.9 cm³/mol. The van der Waals surface area contributed by atoms with Crippen LogP contribution in [0.5, 0.6) is 0 Å². The van der Waals surface area contributed by atoms with Crippen LogP contribution in [0.3, 0.4) is 0 Å². The van der Waals surface area contributed by atoms with Gasteiger partial charge in [0.1, 0.15) is 6.67 Å². The number of hydrogen-bond acceptors (Lipinski definition) is 3. The van der Waals surface area contributed by atoms with Crippen LogP contribution in [0.1, 0.15) is 29.2 Å². The van der Waals surface area contributed by atoms with Crippen LogP contribution in [0.25, 0.3) is 0 Å². The maximum atomic E-state index is 12.9. The van der Waals surface area contributed by atoms with Crippen molar-refractivity contribution in [3.8, 4) is 0 Å². The maximum absolute atomic E-state index is 12.9. The summed E-state index contributed by atoms with van der Waals surface area (Å²) in [5.74, 6) is -2.33. The van der Waals surface area contributed by atoms with Gasteiger partial charge in [0, 0.05) is 6.54 Å². The number of halogens is 4. The molecule has 1 heterocycles. The molecule has 0 bridgehead atoms. The number of aliphatic hydroxyl groups is 1. The molecule has 1 aliphatic heterocycles. The Morgan fingerprint density at radius 2 is 2.08 bits per heavy atom. The number of fused-ring (bicyclic) bond motifs is 1. The number of alkyl halides is 4. The average molecular weight is 372 g/mol. The number of aliphatic hydroxyl groups excluding tert-OH is 1. The van der Waals surface area contributed by atoms with Crippen molar-refractivity contribution in [1.82, 2.24) is 10.2 Å². The van der Waals surface area contributed by atoms with Crippen molar-refractivity contribution in [2.75, 3.05) is 19.8 Å². The Labute approximate surface area is 146 Å². The first-order valence-corrected chi connectivity index (χ1v) is 8.00. The molecule has 140 valence electrons. The fourth-order valence-electron chi connectivity index (χ4n) is 3.25. The highest BCUT2D eigenvalue weighted by atomic mass is 19.4. The molecule has 0 spiro atoms. The second kappa shape index (κ2) is 6.62. The number of nitrogens with one attached hydrogen (secondary N) is 1. The molecular formula is C17H16F4N2O3. The minimum Gasteiger partial charge on any atom is -0.503 e. The minimum absolute atomic E-state index is 0.205. The van der Waals surface area contributed by atoms with Gasteiger partial charge in [0.2, 0.25) is 0 Å². The first-order valence-electron chi connectivity index (χ1n) is 8.00. The number of amides is 2. The normalized spacial score (nSPS) is 19.9. The predicted octanol–water partition coefficient (Wildman–Crippen LogP) is 2.43. The SMILES string of the molecule is O=C(N[C@@H]1CCc2ccc(C(F)(F)F)cc21)C1=C(O)C(=O)N(CCF)C1. The largest absolute Gasteiger partial charge is 0.503 e. The summed E-state index contributed by atoms with van der Waals surface area (Å²) in [6.07, 6.45) is -3.56. The molecular weight excluding hydrogens is 356 g/mol. The Morgan fingerprint density at radius 1 is 1.35 bits per heavy atom. The van der Waals surface area contributed by atoms with Gasteiger partial charge >= 0.3 is 6.18 Å². The number of nitrogens with zero attached hydrogens (tertiary/aromatic N) is 1. The summed E-state index contributed by atoms with van der Waals surface area (Å²) >= 11 is 0. The molecule has 0 unspecified atom stereocenters. The summed E-state index contributed by atoms with van der Waals surface area (Å²) in [7, 11) is 0. The molecule has 0 fully saturated rings. The molecule has 26 heavy (non-hydrogen) atoms. The Hall–Kier alpha value is -2.58. The van der Waals surface area contributed by atoms with Gasteiger partial charge in [0.05, 0.1) is 23.7 Å². The van der Waals surface area contributed by atoms with E-state index in [1.54, 1.807) is 0 Å². The quantitative estimate of drug-likeness (QED) is 0.798. The van der Waals surface area contributed by atoms with Crippen LogP contribution in [0, 0.1) is 0 Å². The fourth-order valence-corrected chi connectivity index (χ4v) is 3.25. The summed E-state index contributed by atoms with van der Waals surface area (Å²) in [6, 6.07) is 2.76. The third-order valence-electron chi connectivity index (χ3n) is 4.61. The third-order valence-corrected chi connectivity index (χ3v) is 4.61. The summed E-state index contributed by atoms with van der Waals surface area (Å²) in [4.78, 5) is 25.1. The van der Waals surface area contributed by atoms with Gasteiger partial charge in [-0.15, -0.1) is 0 Å². The highest BCUT2D eigenvalue weighted by molar-refractivity contribution is 6.07. The van der Waals surface area contributed by atoms with Gasteiger partial charge in [0.25, 0.3) is 11.8 Å². The van der Waals surface area contributed by atoms with Crippen LogP contribution >= 0.6 is 0 Å². The van der Waals surface area contributed by atoms with E-state index in [2.05, 4.69) is 5.32 Å². The smallest absolute Gasteiger partial charge is 0.416 e. The number of rotatable bonds is 4. The number of carbonyl (C=O) groups excluding carboxylic acids is 2. The van der Waals surface area contributed by atoms with Crippen molar-refractivity contribution < 1.29 is 32.3 Å². The lowest BCUT2D eigenvalue weighted by molar-refractivity contribution is -0.137. The fraction of sp³-hybridized carbons (Fsp3) is 0.412. The Morgan fingerprint density at radius 3 is 2.73 bits per heavy atom. The minimum atomic E-state index is -4.49. The van der Waals surface area contributed by atoms with E-state index in [0.29, 0.717) is 24.0 Å². The molecule has 2 N–H and O–H groups in total. The zero-order valence-electron chi connectivity index (χ0n) is 13.6. The molecule has 5 nitrogen and oxygen atoms in total. The highest BCUT2D eigenvalue weighted by Gasteiger charge is 2.36. The molecule has 1 atom stereocenters. The first kappa shape index (κ1) is 18.2. The topological polar surface area (TPSA) is 69.6 Å². The highest BCUT2D eigenvalue weighted by Crippen LogP contribution is 2.37. The number of carbonyl (C=O) groups is 2. The van der Waals surface area contributed by atoms with Gasteiger partial charge in [-0.2, -0.15) is 13.2 Å². The van der Waals surface area contributed by atoms with Crippen LogP contribution in [0.15, 0.2) is 29.5 Å². The maximum Gasteiger partial charge on any atom is 0.416 e. The van der Waals surface area contributed by atoms with Crippen LogP contribution < -0.4 is 5.32 Å². The molecule has 0 radical (unpaired) electrons. The lowest BCUT2D eigenvalue weighted by Crippen LogP contribution is -2.32. The van der Waals surface area contributed by atoms with E-state index < -0.39 is 42.0 Å². The molecule has 0 aromatic heterocycles. The van der Waals surface area contributed by atoms with Gasteiger partial charge in [0.15, 0.2) is 5.76 Å². The summed E-state index contributed by atoms with van der Waals surface area (Å²) < 4.78 is 51.1. The van der Waals surface area contributed by atoms with E-state index in [0.717, 1.165) is 17.0 Å². The monoisotopic (exact) mass is 372 g/mol. The third kappa shape index (κ3) is 3.25. The second-order valence-corrected chi connectivity index (χ2v) is 6.22. The first-order chi connectivity index (χ1) is 12.2. The molecule has 1 aliphatic carbocycles. The van der Waals surface area contributed by atoms with Crippen LogP contribution in [0.2, 0.25) is 0 Å². The van der Waals surface area contributed by atoms with Gasteiger partial charge in [-0.05, 0) is 36.1 Å². The Kier molecular flexibility index (Phi) is 4.64. The van der Waals surface area contributed by atoms with E-state index in [9.17, 15) is 32.3 Å². The van der Waals surface area contributed by atoms with Gasteiger partial charge in [-0.1, -0.05) is 6.07 Å². The summed E-state index contributed by atoms with van der Waals surface area (Å²) in [5.41, 5.74) is 0.0785. The lowest BCUT2D eigenvalue weighted by atomic mass is 10.0. The van der Waals surface area contributed by atoms with E-state index in [4.69, 9.17) is 0 Å². The van der Waals surface area contributed by atoms with Crippen molar-refractivity contribution in [3.63, 3.8) is 0 Å². The van der Waals surface area contributed by atoms with Crippen LogP contribution in [0.4, 0.5) is 17.6 Å². The Bertz CT molecular complexity index is 789. The number of benzene rings is 1. The Balaban J connectivity index is 1.78. The molecule has 1 aromatic carbocycles. The molecule has 9 heteroatoms. The molecule has 0 saturated heterocycles. The van der Waals surface area contributed by atoms with Gasteiger partial charge < -0.3 is 15.3 Å². The second-order valence-electron chi connectivity index (χ2n) is 6.22. The number of hydrogen-bond donors (Lipinski definition) is 2. The molecule has 3 rings (SSSR count). The van der Waals surface area contributed by atoms with E-state index >= 15 is 0 Å². The molecule has 1 aromatic rings. The summed E-state index contributed by atoms with van der Waals surface area (Å²) in [6.45, 7) is -1.30. The van der Waals surface area contributed by atoms with Crippen molar-refractivity contribution in [1.29, 1.82) is 0 Å². The van der Waals surface area contributed by atoms with E-state index in [-0.39, 0.29) is 18.7 Å². The number of aryl methyl sites for hydroxylation is 1. The van der Waals surface area contributed by atoms with Gasteiger partial charge in [-0.3, -0.25) is 9.59 Å². The molecule has 2 aliphatic rings. The van der Waals surface area contributed by atoms with Crippen molar-refractivity contribution in [3.05, 3.63) is 46.2 Å². The van der Waals surface area contributed by atoms with Gasteiger partial charge in [-0.25, -0.2) is 4.39 Å². The standard InChI is InChI=1S/C17H16F4N2O3/c18-5-6-23-8-12(14(24)16(23)26)15(25)22-13-4-2-9-1-3-10(7-11(9)13)17(19,20)21/h1,3,7,13,24H,2,4-6,8H2,(H,22,25)/t13-/m1/s1.